The number of amidine groups is 1. The Morgan fingerprint density at radius 3 is 2.50 bits per heavy atom. The molecule has 2 aliphatic rings. The Labute approximate surface area is 161 Å². The minimum Gasteiger partial charge on any atom is -0.460 e. The molecule has 0 saturated heterocycles. The Morgan fingerprint density at radius 1 is 0.929 bits per heavy atom. The van der Waals surface area contributed by atoms with Crippen molar-refractivity contribution in [3.8, 4) is 0 Å². The van der Waals surface area contributed by atoms with Crippen molar-refractivity contribution in [3.63, 3.8) is 0 Å². The molecular formula is C21H20F2N2O3. The molecule has 0 unspecified atom stereocenters. The van der Waals surface area contributed by atoms with Crippen LogP contribution in [-0.4, -0.2) is 36.5 Å². The van der Waals surface area contributed by atoms with Crippen LogP contribution in [0.15, 0.2) is 41.4 Å². The molecule has 5 nitrogen and oxygen atoms in total. The van der Waals surface area contributed by atoms with Crippen LogP contribution >= 0.6 is 0 Å². The molecule has 1 amide bonds. The summed E-state index contributed by atoms with van der Waals surface area (Å²) in [6.45, 7) is 2.14. The van der Waals surface area contributed by atoms with E-state index in [9.17, 15) is 13.6 Å². The van der Waals surface area contributed by atoms with Gasteiger partial charge in [-0.1, -0.05) is 24.3 Å². The van der Waals surface area contributed by atoms with Crippen molar-refractivity contribution < 1.29 is 23.0 Å². The van der Waals surface area contributed by atoms with Gasteiger partial charge in [0.2, 0.25) is 0 Å². The first-order chi connectivity index (χ1) is 13.6. The average molecular weight is 386 g/mol. The number of rotatable bonds is 0. The lowest BCUT2D eigenvalue weighted by Crippen LogP contribution is -2.38. The molecule has 0 spiro atoms. The second-order valence-corrected chi connectivity index (χ2v) is 6.85. The lowest BCUT2D eigenvalue weighted by atomic mass is 10.0. The third-order valence-corrected chi connectivity index (χ3v) is 4.96. The second-order valence-electron chi connectivity index (χ2n) is 6.85. The zero-order chi connectivity index (χ0) is 19.5. The van der Waals surface area contributed by atoms with Gasteiger partial charge in [0.05, 0.1) is 19.6 Å². The number of benzene rings is 2. The minimum absolute atomic E-state index is 0.0204. The number of carbonyl (C=O) groups is 1. The van der Waals surface area contributed by atoms with Gasteiger partial charge in [0, 0.05) is 13.1 Å². The number of nitrogens with zero attached hydrogens (tertiary/aromatic N) is 2. The molecular weight excluding hydrogens is 366 g/mol. The zero-order valence-electron chi connectivity index (χ0n) is 15.3. The molecule has 7 heteroatoms. The van der Waals surface area contributed by atoms with E-state index in [4.69, 9.17) is 9.47 Å². The Morgan fingerprint density at radius 2 is 1.68 bits per heavy atom. The van der Waals surface area contributed by atoms with Gasteiger partial charge in [0.25, 0.3) is 11.9 Å². The van der Waals surface area contributed by atoms with Crippen LogP contribution in [0.1, 0.15) is 22.3 Å². The standard InChI is InChI=1S/C21H20F2N2O3/c22-18-9-16-11-20(26)24-21(28-13-17(16)10-19(18)23)25-6-5-14-3-1-2-4-15(14)12-27-8-7-25/h1-4,9-10H,5-8,11-13H2. The molecule has 0 fully saturated rings. The number of hydrogen-bond acceptors (Lipinski definition) is 4. The van der Waals surface area contributed by atoms with Gasteiger partial charge in [0.15, 0.2) is 11.6 Å². The van der Waals surface area contributed by atoms with Crippen LogP contribution in [-0.2, 0) is 40.3 Å². The predicted molar refractivity (Wildman–Crippen MR) is 98.7 cm³/mol. The van der Waals surface area contributed by atoms with Crippen molar-refractivity contribution in [1.29, 1.82) is 0 Å². The molecule has 0 atom stereocenters. The maximum Gasteiger partial charge on any atom is 0.295 e. The summed E-state index contributed by atoms with van der Waals surface area (Å²) in [6.07, 6.45) is 0.666. The topological polar surface area (TPSA) is 51.1 Å². The van der Waals surface area contributed by atoms with Gasteiger partial charge in [-0.15, -0.1) is 0 Å². The summed E-state index contributed by atoms with van der Waals surface area (Å²) >= 11 is 0. The van der Waals surface area contributed by atoms with E-state index in [-0.39, 0.29) is 19.0 Å². The number of aliphatic imine (C=N–C) groups is 1. The number of hydrogen-bond donors (Lipinski definition) is 0. The molecule has 2 aromatic carbocycles. The summed E-state index contributed by atoms with van der Waals surface area (Å²) in [5, 5.41) is 0. The van der Waals surface area contributed by atoms with Crippen LogP contribution in [0.5, 0.6) is 0 Å². The van der Waals surface area contributed by atoms with Crippen LogP contribution in [0.4, 0.5) is 8.78 Å². The normalized spacial score (nSPS) is 17.7. The fraction of sp³-hybridized carbons (Fsp3) is 0.333. The van der Waals surface area contributed by atoms with E-state index in [2.05, 4.69) is 11.1 Å². The fourth-order valence-electron chi connectivity index (χ4n) is 3.43. The maximum atomic E-state index is 13.6. The van der Waals surface area contributed by atoms with E-state index in [1.807, 2.05) is 23.1 Å². The maximum absolute atomic E-state index is 13.6. The largest absolute Gasteiger partial charge is 0.460 e. The van der Waals surface area contributed by atoms with Crippen molar-refractivity contribution in [3.05, 3.63) is 70.3 Å². The van der Waals surface area contributed by atoms with Crippen molar-refractivity contribution in [2.45, 2.75) is 26.1 Å². The Kier molecular flexibility index (Phi) is 5.34. The fourth-order valence-corrected chi connectivity index (χ4v) is 3.43. The highest BCUT2D eigenvalue weighted by Crippen LogP contribution is 2.20. The molecule has 0 bridgehead atoms. The first kappa shape index (κ1) is 18.6. The monoisotopic (exact) mass is 386 g/mol. The Bertz CT molecular complexity index is 930. The Hall–Kier alpha value is -2.80. The van der Waals surface area contributed by atoms with Gasteiger partial charge in [-0.3, -0.25) is 4.79 Å². The van der Waals surface area contributed by atoms with Crippen molar-refractivity contribution in [2.24, 2.45) is 4.99 Å². The summed E-state index contributed by atoms with van der Waals surface area (Å²) in [7, 11) is 0. The van der Waals surface area contributed by atoms with E-state index < -0.39 is 17.5 Å². The molecule has 0 saturated carbocycles. The second kappa shape index (κ2) is 8.06. The summed E-state index contributed by atoms with van der Waals surface area (Å²) < 4.78 is 38.6. The molecule has 4 rings (SSSR count). The third-order valence-electron chi connectivity index (χ3n) is 4.96. The molecule has 28 heavy (non-hydrogen) atoms. The first-order valence-electron chi connectivity index (χ1n) is 9.21. The number of carbonyl (C=O) groups excluding carboxylic acids is 1. The van der Waals surface area contributed by atoms with Gasteiger partial charge >= 0.3 is 0 Å². The van der Waals surface area contributed by atoms with Crippen molar-refractivity contribution in [2.75, 3.05) is 19.7 Å². The lowest BCUT2D eigenvalue weighted by molar-refractivity contribution is -0.117. The molecule has 2 aliphatic heterocycles. The van der Waals surface area contributed by atoms with Crippen LogP contribution in [0.3, 0.4) is 0 Å². The first-order valence-corrected chi connectivity index (χ1v) is 9.21. The van der Waals surface area contributed by atoms with E-state index >= 15 is 0 Å². The van der Waals surface area contributed by atoms with Crippen LogP contribution < -0.4 is 0 Å². The summed E-state index contributed by atoms with van der Waals surface area (Å²) in [5.74, 6) is -2.39. The zero-order valence-corrected chi connectivity index (χ0v) is 15.3. The summed E-state index contributed by atoms with van der Waals surface area (Å²) in [6, 6.07) is 10.4. The lowest BCUT2D eigenvalue weighted by Gasteiger charge is -2.26. The van der Waals surface area contributed by atoms with Crippen LogP contribution in [0, 0.1) is 11.6 Å². The molecule has 146 valence electrons. The van der Waals surface area contributed by atoms with Gasteiger partial charge in [-0.05, 0) is 40.8 Å². The molecule has 0 radical (unpaired) electrons. The summed E-state index contributed by atoms with van der Waals surface area (Å²) in [4.78, 5) is 18.3. The smallest absolute Gasteiger partial charge is 0.295 e. The van der Waals surface area contributed by atoms with Crippen molar-refractivity contribution in [1.82, 2.24) is 4.90 Å². The van der Waals surface area contributed by atoms with E-state index in [0.29, 0.717) is 37.4 Å². The van der Waals surface area contributed by atoms with Gasteiger partial charge in [-0.25, -0.2) is 8.78 Å². The number of fused-ring (bicyclic) bond motifs is 2. The summed E-state index contributed by atoms with van der Waals surface area (Å²) in [5.41, 5.74) is 3.17. The van der Waals surface area contributed by atoms with Crippen LogP contribution in [0.25, 0.3) is 0 Å². The molecule has 2 aromatic rings. The van der Waals surface area contributed by atoms with Crippen LogP contribution in [0.2, 0.25) is 0 Å². The number of ether oxygens (including phenoxy) is 2. The quantitative estimate of drug-likeness (QED) is 0.699. The highest BCUT2D eigenvalue weighted by molar-refractivity contribution is 5.92. The number of halogens is 2. The minimum atomic E-state index is -0.979. The molecule has 0 aromatic heterocycles. The van der Waals surface area contributed by atoms with Gasteiger partial charge < -0.3 is 14.4 Å². The van der Waals surface area contributed by atoms with E-state index in [1.54, 1.807) is 0 Å². The molecule has 0 aliphatic carbocycles. The van der Waals surface area contributed by atoms with E-state index in [0.717, 1.165) is 24.1 Å². The molecule has 0 N–H and O–H groups in total. The van der Waals surface area contributed by atoms with Gasteiger partial charge in [0.1, 0.15) is 6.61 Å². The Balaban J connectivity index is 1.55. The van der Waals surface area contributed by atoms with E-state index in [1.165, 1.54) is 5.56 Å². The average Bonchev–Trinajstić information content (AvgIpc) is 2.77. The third kappa shape index (κ3) is 4.04. The molecule has 2 heterocycles. The highest BCUT2D eigenvalue weighted by Gasteiger charge is 2.22. The van der Waals surface area contributed by atoms with Gasteiger partial charge in [-0.2, -0.15) is 4.99 Å². The SMILES string of the molecule is O=C1Cc2cc(F)c(F)cc2COC(N2CCOCc3ccccc3CC2)=N1. The predicted octanol–water partition coefficient (Wildman–Crippen LogP) is 3.00. The van der Waals surface area contributed by atoms with Crippen molar-refractivity contribution >= 4 is 11.9 Å². The number of amides is 1. The highest BCUT2D eigenvalue weighted by atomic mass is 19.2.